The predicted molar refractivity (Wildman–Crippen MR) is 107 cm³/mol. The molecule has 1 aromatic heterocycles. The summed E-state index contributed by atoms with van der Waals surface area (Å²) in [6.45, 7) is 6.40. The Balaban J connectivity index is 1.56. The minimum absolute atomic E-state index is 0.0332. The summed E-state index contributed by atoms with van der Waals surface area (Å²) in [4.78, 5) is 19.3. The molecule has 0 saturated carbocycles. The van der Waals surface area contributed by atoms with E-state index in [-0.39, 0.29) is 11.7 Å². The van der Waals surface area contributed by atoms with Crippen LogP contribution in [0.4, 0.5) is 0 Å². The highest BCUT2D eigenvalue weighted by atomic mass is 16.3. The number of aliphatic hydroxyl groups is 1. The summed E-state index contributed by atoms with van der Waals surface area (Å²) in [5.74, 6) is 0.762. The molecule has 1 aromatic carbocycles. The average Bonchev–Trinajstić information content (AvgIpc) is 3.06. The van der Waals surface area contributed by atoms with Crippen molar-refractivity contribution in [3.63, 3.8) is 0 Å². The second-order valence-electron chi connectivity index (χ2n) is 8.43. The van der Waals surface area contributed by atoms with Gasteiger partial charge in [-0.05, 0) is 57.2 Å². The van der Waals surface area contributed by atoms with Crippen LogP contribution in [0.1, 0.15) is 54.9 Å². The molecule has 3 rings (SSSR count). The SMILES string of the molecule is Cn1ccnc1C(=O)C1CCCN(Cc2ccc(CCC(C)(C)O)cc2)C1. The van der Waals surface area contributed by atoms with Crippen LogP contribution in [0.15, 0.2) is 36.7 Å². The van der Waals surface area contributed by atoms with Gasteiger partial charge in [-0.25, -0.2) is 4.98 Å². The van der Waals surface area contributed by atoms with Crippen LogP contribution in [-0.4, -0.2) is 44.0 Å². The highest BCUT2D eigenvalue weighted by Crippen LogP contribution is 2.22. The van der Waals surface area contributed by atoms with Crippen LogP contribution in [0.5, 0.6) is 0 Å². The van der Waals surface area contributed by atoms with Crippen molar-refractivity contribution in [1.82, 2.24) is 14.5 Å². The largest absolute Gasteiger partial charge is 0.390 e. The highest BCUT2D eigenvalue weighted by molar-refractivity contribution is 5.94. The molecule has 1 atom stereocenters. The number of carbonyl (C=O) groups is 1. The molecule has 27 heavy (non-hydrogen) atoms. The zero-order valence-corrected chi connectivity index (χ0v) is 16.7. The second kappa shape index (κ2) is 8.36. The third kappa shape index (κ3) is 5.50. The molecular weight excluding hydrogens is 338 g/mol. The quantitative estimate of drug-likeness (QED) is 0.762. The molecule has 5 nitrogen and oxygen atoms in total. The fraction of sp³-hybridized carbons (Fsp3) is 0.545. The van der Waals surface area contributed by atoms with Crippen molar-refractivity contribution in [3.8, 4) is 0 Å². The van der Waals surface area contributed by atoms with Gasteiger partial charge in [0.15, 0.2) is 5.82 Å². The molecule has 1 N–H and O–H groups in total. The monoisotopic (exact) mass is 369 g/mol. The Hall–Kier alpha value is -1.98. The minimum atomic E-state index is -0.624. The van der Waals surface area contributed by atoms with E-state index in [1.165, 1.54) is 11.1 Å². The fourth-order valence-electron chi connectivity index (χ4n) is 3.72. The first kappa shape index (κ1) is 19.8. The van der Waals surface area contributed by atoms with Crippen LogP contribution in [0.3, 0.4) is 0 Å². The lowest BCUT2D eigenvalue weighted by atomic mass is 9.93. The molecule has 0 bridgehead atoms. The van der Waals surface area contributed by atoms with Crippen molar-refractivity contribution in [2.45, 2.75) is 51.7 Å². The van der Waals surface area contributed by atoms with E-state index < -0.39 is 5.60 Å². The van der Waals surface area contributed by atoms with E-state index in [4.69, 9.17) is 0 Å². The van der Waals surface area contributed by atoms with Gasteiger partial charge in [0.05, 0.1) is 5.60 Å². The van der Waals surface area contributed by atoms with Crippen molar-refractivity contribution in [1.29, 1.82) is 0 Å². The van der Waals surface area contributed by atoms with Crippen LogP contribution in [0, 0.1) is 5.92 Å². The van der Waals surface area contributed by atoms with Gasteiger partial charge in [-0.1, -0.05) is 24.3 Å². The first-order chi connectivity index (χ1) is 12.8. The van der Waals surface area contributed by atoms with E-state index in [2.05, 4.69) is 34.1 Å². The molecule has 1 saturated heterocycles. The van der Waals surface area contributed by atoms with Gasteiger partial charge in [0, 0.05) is 38.4 Å². The van der Waals surface area contributed by atoms with Crippen molar-refractivity contribution in [2.24, 2.45) is 13.0 Å². The number of aryl methyl sites for hydroxylation is 2. The molecule has 0 aliphatic carbocycles. The van der Waals surface area contributed by atoms with Gasteiger partial charge in [-0.2, -0.15) is 0 Å². The molecule has 0 amide bonds. The summed E-state index contributed by atoms with van der Waals surface area (Å²) >= 11 is 0. The Kier molecular flexibility index (Phi) is 6.12. The molecule has 1 aliphatic rings. The Morgan fingerprint density at radius 3 is 2.59 bits per heavy atom. The predicted octanol–water partition coefficient (Wildman–Crippen LogP) is 3.22. The van der Waals surface area contributed by atoms with Crippen molar-refractivity contribution in [3.05, 3.63) is 53.6 Å². The van der Waals surface area contributed by atoms with Crippen molar-refractivity contribution >= 4 is 5.78 Å². The maximum atomic E-state index is 12.7. The molecule has 2 aromatic rings. The van der Waals surface area contributed by atoms with Gasteiger partial charge >= 0.3 is 0 Å². The van der Waals surface area contributed by atoms with E-state index in [0.29, 0.717) is 5.82 Å². The second-order valence-corrected chi connectivity index (χ2v) is 8.43. The first-order valence-electron chi connectivity index (χ1n) is 9.86. The number of carbonyl (C=O) groups excluding carboxylic acids is 1. The van der Waals surface area contributed by atoms with Crippen molar-refractivity contribution < 1.29 is 9.90 Å². The van der Waals surface area contributed by atoms with Gasteiger partial charge in [0.1, 0.15) is 0 Å². The Morgan fingerprint density at radius 1 is 1.26 bits per heavy atom. The van der Waals surface area contributed by atoms with Crippen LogP contribution >= 0.6 is 0 Å². The Bertz CT molecular complexity index is 759. The van der Waals surface area contributed by atoms with Gasteiger partial charge < -0.3 is 9.67 Å². The molecule has 0 spiro atoms. The van der Waals surface area contributed by atoms with Crippen LogP contribution in [-0.2, 0) is 20.0 Å². The lowest BCUT2D eigenvalue weighted by Gasteiger charge is -2.31. The molecule has 5 heteroatoms. The van der Waals surface area contributed by atoms with Crippen LogP contribution < -0.4 is 0 Å². The van der Waals surface area contributed by atoms with Crippen LogP contribution in [0.2, 0.25) is 0 Å². The summed E-state index contributed by atoms with van der Waals surface area (Å²) < 4.78 is 1.81. The van der Waals surface area contributed by atoms with Gasteiger partial charge in [0.25, 0.3) is 0 Å². The topological polar surface area (TPSA) is 58.4 Å². The molecule has 1 aliphatic heterocycles. The lowest BCUT2D eigenvalue weighted by Crippen LogP contribution is -2.38. The third-order valence-corrected chi connectivity index (χ3v) is 5.37. The summed E-state index contributed by atoms with van der Waals surface area (Å²) in [7, 11) is 1.88. The number of Topliss-reactive ketones (excluding diaryl/α,β-unsaturated/α-hetero) is 1. The number of likely N-dealkylation sites (tertiary alicyclic amines) is 1. The van der Waals surface area contributed by atoms with E-state index in [0.717, 1.165) is 45.3 Å². The summed E-state index contributed by atoms with van der Waals surface area (Å²) in [5, 5.41) is 9.87. The standard InChI is InChI=1S/C22H31N3O2/c1-22(2,27)11-10-17-6-8-18(9-7-17)15-25-13-4-5-19(16-25)20(26)21-23-12-14-24(21)3/h6-9,12,14,19,27H,4-5,10-11,13,15-16H2,1-3H3. The lowest BCUT2D eigenvalue weighted by molar-refractivity contribution is 0.0713. The minimum Gasteiger partial charge on any atom is -0.390 e. The summed E-state index contributed by atoms with van der Waals surface area (Å²) in [5.41, 5.74) is 1.90. The van der Waals surface area contributed by atoms with Gasteiger partial charge in [-0.3, -0.25) is 9.69 Å². The number of benzene rings is 1. The fourth-order valence-corrected chi connectivity index (χ4v) is 3.72. The number of nitrogens with zero attached hydrogens (tertiary/aromatic N) is 3. The zero-order valence-electron chi connectivity index (χ0n) is 16.7. The maximum absolute atomic E-state index is 12.7. The number of imidazole rings is 1. The van der Waals surface area contributed by atoms with Crippen LogP contribution in [0.25, 0.3) is 0 Å². The molecule has 146 valence electrons. The number of piperidine rings is 1. The molecule has 1 unspecified atom stereocenters. The highest BCUT2D eigenvalue weighted by Gasteiger charge is 2.28. The van der Waals surface area contributed by atoms with E-state index in [1.807, 2.05) is 31.7 Å². The first-order valence-corrected chi connectivity index (χ1v) is 9.86. The van der Waals surface area contributed by atoms with E-state index in [9.17, 15) is 9.90 Å². The Morgan fingerprint density at radius 2 is 1.96 bits per heavy atom. The Labute approximate surface area is 162 Å². The number of aromatic nitrogens is 2. The normalized spacial score (nSPS) is 18.6. The van der Waals surface area contributed by atoms with Gasteiger partial charge in [-0.15, -0.1) is 0 Å². The smallest absolute Gasteiger partial charge is 0.202 e. The molecular formula is C22H31N3O2. The van der Waals surface area contributed by atoms with Crippen molar-refractivity contribution in [2.75, 3.05) is 13.1 Å². The number of hydrogen-bond acceptors (Lipinski definition) is 4. The number of rotatable bonds is 7. The molecule has 2 heterocycles. The number of hydrogen-bond donors (Lipinski definition) is 1. The van der Waals surface area contributed by atoms with E-state index in [1.54, 1.807) is 6.20 Å². The third-order valence-electron chi connectivity index (χ3n) is 5.37. The number of ketones is 1. The van der Waals surface area contributed by atoms with Gasteiger partial charge in [0.2, 0.25) is 5.78 Å². The zero-order chi connectivity index (χ0) is 19.4. The molecule has 0 radical (unpaired) electrons. The summed E-state index contributed by atoms with van der Waals surface area (Å²) in [6.07, 6.45) is 7.15. The van der Waals surface area contributed by atoms with E-state index >= 15 is 0 Å². The molecule has 1 fully saturated rings. The summed E-state index contributed by atoms with van der Waals surface area (Å²) in [6, 6.07) is 8.65. The average molecular weight is 370 g/mol. The maximum Gasteiger partial charge on any atom is 0.202 e.